The van der Waals surface area contributed by atoms with E-state index >= 15 is 0 Å². The normalized spacial score (nSPS) is 17.9. The second kappa shape index (κ2) is 8.20. The van der Waals surface area contributed by atoms with Gasteiger partial charge in [0.05, 0.1) is 36.6 Å². The van der Waals surface area contributed by atoms with E-state index in [1.54, 1.807) is 30.3 Å². The Bertz CT molecular complexity index is 1180. The number of methoxy groups -OCH3 is 1. The molecule has 31 heavy (non-hydrogen) atoms. The molecule has 1 atom stereocenters. The van der Waals surface area contributed by atoms with Gasteiger partial charge in [-0.3, -0.25) is 9.59 Å². The van der Waals surface area contributed by atoms with E-state index in [2.05, 4.69) is 0 Å². The summed E-state index contributed by atoms with van der Waals surface area (Å²) in [6, 6.07) is 13.2. The van der Waals surface area contributed by atoms with E-state index in [4.69, 9.17) is 20.8 Å². The number of carbonyl (C=O) groups is 2. The number of hydrogen-bond acceptors (Lipinski definition) is 6. The largest absolute Gasteiger partial charge is 0.508 e. The third-order valence-corrected chi connectivity index (χ3v) is 5.39. The molecule has 2 N–H and O–H groups in total. The zero-order valence-electron chi connectivity index (χ0n) is 16.4. The van der Waals surface area contributed by atoms with Crippen LogP contribution in [0.1, 0.15) is 22.9 Å². The van der Waals surface area contributed by atoms with E-state index in [0.29, 0.717) is 17.1 Å². The Morgan fingerprint density at radius 3 is 2.65 bits per heavy atom. The standard InChI is InChI=1S/C23H18ClNO6/c1-30-15-7-8-18(24)17(11-15)21(27)19-20(13-4-2-5-14(26)10-13)25(23(29)22(19)28)12-16-6-3-9-31-16/h2-11,20,26-27H,12H2,1H3/b21-19+. The number of amides is 1. The third-order valence-electron chi connectivity index (χ3n) is 5.06. The number of ether oxygens (including phenoxy) is 1. The molecule has 0 saturated carbocycles. The van der Waals surface area contributed by atoms with Crippen LogP contribution in [0.15, 0.2) is 70.9 Å². The fourth-order valence-corrected chi connectivity index (χ4v) is 3.82. The number of ketones is 1. The minimum absolute atomic E-state index is 0.000515. The molecule has 0 spiro atoms. The summed E-state index contributed by atoms with van der Waals surface area (Å²) in [5.74, 6) is -1.25. The molecule has 0 bridgehead atoms. The lowest BCUT2D eigenvalue weighted by atomic mass is 9.95. The maximum Gasteiger partial charge on any atom is 0.296 e. The Morgan fingerprint density at radius 1 is 1.16 bits per heavy atom. The van der Waals surface area contributed by atoms with Gasteiger partial charge in [0.2, 0.25) is 0 Å². The van der Waals surface area contributed by atoms with Crippen molar-refractivity contribution >= 4 is 29.1 Å². The van der Waals surface area contributed by atoms with Crippen molar-refractivity contribution in [2.24, 2.45) is 0 Å². The minimum atomic E-state index is -0.959. The Kier molecular flexibility index (Phi) is 5.44. The van der Waals surface area contributed by atoms with Crippen LogP contribution in [0, 0.1) is 0 Å². The highest BCUT2D eigenvalue weighted by molar-refractivity contribution is 6.47. The molecule has 0 aliphatic carbocycles. The summed E-state index contributed by atoms with van der Waals surface area (Å²) in [7, 11) is 1.46. The number of halogens is 1. The number of aliphatic hydroxyl groups excluding tert-OH is 1. The van der Waals surface area contributed by atoms with Gasteiger partial charge in [0.1, 0.15) is 23.0 Å². The van der Waals surface area contributed by atoms with Gasteiger partial charge >= 0.3 is 0 Å². The Balaban J connectivity index is 1.91. The number of furan rings is 1. The molecule has 1 aliphatic heterocycles. The molecule has 1 unspecified atom stereocenters. The van der Waals surface area contributed by atoms with Crippen molar-refractivity contribution in [1.82, 2.24) is 4.90 Å². The van der Waals surface area contributed by atoms with Crippen molar-refractivity contribution in [3.05, 3.63) is 88.3 Å². The van der Waals surface area contributed by atoms with Crippen molar-refractivity contribution < 1.29 is 29.0 Å². The van der Waals surface area contributed by atoms with Gasteiger partial charge in [0.25, 0.3) is 11.7 Å². The van der Waals surface area contributed by atoms with Crippen molar-refractivity contribution in [1.29, 1.82) is 0 Å². The SMILES string of the molecule is COc1ccc(Cl)c(/C(O)=C2\C(=O)C(=O)N(Cc3ccco3)C2c2cccc(O)c2)c1. The monoisotopic (exact) mass is 439 g/mol. The first-order valence-corrected chi connectivity index (χ1v) is 9.72. The van der Waals surface area contributed by atoms with Crippen LogP contribution >= 0.6 is 11.6 Å². The number of benzene rings is 2. The summed E-state index contributed by atoms with van der Waals surface area (Å²) >= 11 is 6.27. The molecule has 1 amide bonds. The molecule has 1 fully saturated rings. The Hall–Kier alpha value is -3.71. The zero-order valence-corrected chi connectivity index (χ0v) is 17.2. The predicted molar refractivity (Wildman–Crippen MR) is 113 cm³/mol. The number of likely N-dealkylation sites (tertiary alicyclic amines) is 1. The molecule has 0 radical (unpaired) electrons. The highest BCUT2D eigenvalue weighted by atomic mass is 35.5. The van der Waals surface area contributed by atoms with Crippen LogP contribution in [0.5, 0.6) is 11.5 Å². The first kappa shape index (κ1) is 20.6. The van der Waals surface area contributed by atoms with Gasteiger partial charge < -0.3 is 24.3 Å². The number of aliphatic hydroxyl groups is 1. The molecule has 7 nitrogen and oxygen atoms in total. The fourth-order valence-electron chi connectivity index (χ4n) is 3.61. The first-order valence-electron chi connectivity index (χ1n) is 9.34. The number of phenolic OH excluding ortho intramolecular Hbond substituents is 1. The molecular formula is C23H18ClNO6. The van der Waals surface area contributed by atoms with E-state index in [-0.39, 0.29) is 28.5 Å². The summed E-state index contributed by atoms with van der Waals surface area (Å²) in [4.78, 5) is 27.2. The van der Waals surface area contributed by atoms with Crippen LogP contribution < -0.4 is 4.74 Å². The number of phenols is 1. The van der Waals surface area contributed by atoms with Gasteiger partial charge in [-0.05, 0) is 48.0 Å². The maximum atomic E-state index is 13.0. The lowest BCUT2D eigenvalue weighted by Gasteiger charge is -2.24. The highest BCUT2D eigenvalue weighted by Crippen LogP contribution is 2.42. The molecule has 4 rings (SSSR count). The number of Topliss-reactive ketones (excluding diaryl/α,β-unsaturated/α-hetero) is 1. The lowest BCUT2D eigenvalue weighted by Crippen LogP contribution is -2.29. The summed E-state index contributed by atoms with van der Waals surface area (Å²) in [5, 5.41) is 21.3. The summed E-state index contributed by atoms with van der Waals surface area (Å²) in [5.41, 5.74) is 0.464. The van der Waals surface area contributed by atoms with Crippen LogP contribution in [0.2, 0.25) is 5.02 Å². The van der Waals surface area contributed by atoms with Crippen LogP contribution in [-0.4, -0.2) is 33.9 Å². The minimum Gasteiger partial charge on any atom is -0.508 e. The Morgan fingerprint density at radius 2 is 1.97 bits per heavy atom. The maximum absolute atomic E-state index is 13.0. The molecule has 2 aromatic carbocycles. The second-order valence-corrected chi connectivity index (χ2v) is 7.35. The highest BCUT2D eigenvalue weighted by Gasteiger charge is 2.46. The number of nitrogens with zero attached hydrogens (tertiary/aromatic N) is 1. The number of carbonyl (C=O) groups excluding carboxylic acids is 2. The van der Waals surface area contributed by atoms with E-state index < -0.39 is 23.5 Å². The molecular weight excluding hydrogens is 422 g/mol. The average Bonchev–Trinajstić information content (AvgIpc) is 3.36. The molecule has 8 heteroatoms. The fraction of sp³-hybridized carbons (Fsp3) is 0.130. The summed E-state index contributed by atoms with van der Waals surface area (Å²) in [6.07, 6.45) is 1.46. The van der Waals surface area contributed by atoms with Crippen LogP contribution in [0.4, 0.5) is 0 Å². The van der Waals surface area contributed by atoms with Gasteiger partial charge in [-0.2, -0.15) is 0 Å². The van der Waals surface area contributed by atoms with Crippen molar-refractivity contribution in [3.63, 3.8) is 0 Å². The summed E-state index contributed by atoms with van der Waals surface area (Å²) < 4.78 is 10.5. The van der Waals surface area contributed by atoms with E-state index in [1.807, 2.05) is 0 Å². The smallest absolute Gasteiger partial charge is 0.296 e. The van der Waals surface area contributed by atoms with Gasteiger partial charge in [-0.1, -0.05) is 23.7 Å². The van der Waals surface area contributed by atoms with Crippen molar-refractivity contribution in [2.75, 3.05) is 7.11 Å². The first-order chi connectivity index (χ1) is 14.9. The molecule has 2 heterocycles. The molecule has 1 aliphatic rings. The lowest BCUT2D eigenvalue weighted by molar-refractivity contribution is -0.140. The van der Waals surface area contributed by atoms with Gasteiger partial charge in [-0.15, -0.1) is 0 Å². The van der Waals surface area contributed by atoms with Gasteiger partial charge in [0.15, 0.2) is 0 Å². The molecule has 1 saturated heterocycles. The van der Waals surface area contributed by atoms with Gasteiger partial charge in [-0.25, -0.2) is 0 Å². The third kappa shape index (κ3) is 3.75. The average molecular weight is 440 g/mol. The topological polar surface area (TPSA) is 100 Å². The molecule has 1 aromatic heterocycles. The molecule has 158 valence electrons. The zero-order chi connectivity index (χ0) is 22.1. The van der Waals surface area contributed by atoms with Crippen LogP contribution in [0.25, 0.3) is 5.76 Å². The van der Waals surface area contributed by atoms with Crippen LogP contribution in [0.3, 0.4) is 0 Å². The molecule has 3 aromatic rings. The van der Waals surface area contributed by atoms with Crippen molar-refractivity contribution in [3.8, 4) is 11.5 Å². The van der Waals surface area contributed by atoms with E-state index in [0.717, 1.165) is 0 Å². The van der Waals surface area contributed by atoms with E-state index in [1.165, 1.54) is 42.5 Å². The number of rotatable bonds is 5. The number of hydrogen-bond donors (Lipinski definition) is 2. The second-order valence-electron chi connectivity index (χ2n) is 6.95. The summed E-state index contributed by atoms with van der Waals surface area (Å²) in [6.45, 7) is 0.000515. The predicted octanol–water partition coefficient (Wildman–Crippen LogP) is 4.27. The van der Waals surface area contributed by atoms with E-state index in [9.17, 15) is 19.8 Å². The van der Waals surface area contributed by atoms with Crippen LogP contribution in [-0.2, 0) is 16.1 Å². The van der Waals surface area contributed by atoms with Gasteiger partial charge in [0, 0.05) is 5.56 Å². The number of aromatic hydroxyl groups is 1. The van der Waals surface area contributed by atoms with Crippen molar-refractivity contribution in [2.45, 2.75) is 12.6 Å². The Labute approximate surface area is 182 Å². The quantitative estimate of drug-likeness (QED) is 0.350.